The third-order valence-electron chi connectivity index (χ3n) is 3.63. The van der Waals surface area contributed by atoms with Crippen LogP contribution in [0.5, 0.6) is 0 Å². The summed E-state index contributed by atoms with van der Waals surface area (Å²) >= 11 is 0. The summed E-state index contributed by atoms with van der Waals surface area (Å²) < 4.78 is 0. The first-order valence-electron chi connectivity index (χ1n) is 6.84. The van der Waals surface area contributed by atoms with Gasteiger partial charge in [-0.3, -0.25) is 0 Å². The molecule has 0 saturated carbocycles. The van der Waals surface area contributed by atoms with Gasteiger partial charge in [0.05, 0.1) is 0 Å². The Morgan fingerprint density at radius 1 is 1.10 bits per heavy atom. The molecule has 0 unspecified atom stereocenters. The minimum absolute atomic E-state index is 1.01. The van der Waals surface area contributed by atoms with Crippen molar-refractivity contribution in [2.75, 3.05) is 7.05 Å². The van der Waals surface area contributed by atoms with E-state index in [4.69, 9.17) is 0 Å². The van der Waals surface area contributed by atoms with E-state index >= 15 is 0 Å². The summed E-state index contributed by atoms with van der Waals surface area (Å²) in [5, 5.41) is 0. The standard InChI is InChI=1S/C19H25N/c1-8-14(2)13-16(4)17(5)20(7)18(6)19-11-9-15(3)10-12-19/h8-13H,1,6H2,2-5,7H3/b14-13-,17-16+. The number of nitrogens with zero attached hydrogens (tertiary/aromatic N) is 1. The van der Waals surface area contributed by atoms with Crippen LogP contribution in [0.25, 0.3) is 5.70 Å². The Kier molecular flexibility index (Phi) is 5.57. The van der Waals surface area contributed by atoms with Crippen LogP contribution in [0.3, 0.4) is 0 Å². The van der Waals surface area contributed by atoms with E-state index in [0.29, 0.717) is 0 Å². The summed E-state index contributed by atoms with van der Waals surface area (Å²) in [5.74, 6) is 0. The third kappa shape index (κ3) is 3.99. The van der Waals surface area contributed by atoms with Gasteiger partial charge in [-0.15, -0.1) is 0 Å². The topological polar surface area (TPSA) is 3.24 Å². The van der Waals surface area contributed by atoms with Crippen LogP contribution in [-0.4, -0.2) is 11.9 Å². The van der Waals surface area contributed by atoms with Gasteiger partial charge in [-0.1, -0.05) is 60.7 Å². The van der Waals surface area contributed by atoms with Crippen LogP contribution < -0.4 is 0 Å². The second-order valence-electron chi connectivity index (χ2n) is 5.23. The van der Waals surface area contributed by atoms with Crippen LogP contribution in [0.4, 0.5) is 0 Å². The molecule has 1 aromatic rings. The summed E-state index contributed by atoms with van der Waals surface area (Å²) in [5.41, 5.74) is 6.99. The van der Waals surface area contributed by atoms with Crippen molar-refractivity contribution < 1.29 is 0 Å². The summed E-state index contributed by atoms with van der Waals surface area (Å²) in [7, 11) is 2.05. The van der Waals surface area contributed by atoms with Crippen molar-refractivity contribution in [2.24, 2.45) is 0 Å². The SMILES string of the molecule is C=C/C(C)=C\C(C)=C(/C)N(C)C(=C)c1ccc(C)cc1. The van der Waals surface area contributed by atoms with Gasteiger partial charge in [0.1, 0.15) is 0 Å². The Hall–Kier alpha value is -2.02. The number of rotatable bonds is 5. The van der Waals surface area contributed by atoms with Gasteiger partial charge >= 0.3 is 0 Å². The zero-order chi connectivity index (χ0) is 15.3. The summed E-state index contributed by atoms with van der Waals surface area (Å²) in [6.07, 6.45) is 4.01. The molecule has 0 radical (unpaired) electrons. The molecule has 0 aliphatic carbocycles. The van der Waals surface area contributed by atoms with Crippen molar-refractivity contribution >= 4 is 5.70 Å². The average molecular weight is 267 g/mol. The molecule has 0 fully saturated rings. The van der Waals surface area contributed by atoms with E-state index in [-0.39, 0.29) is 0 Å². The minimum atomic E-state index is 1.01. The van der Waals surface area contributed by atoms with Gasteiger partial charge in [-0.05, 0) is 38.8 Å². The molecule has 106 valence electrons. The molecule has 20 heavy (non-hydrogen) atoms. The number of hydrogen-bond donors (Lipinski definition) is 0. The maximum absolute atomic E-state index is 4.21. The van der Waals surface area contributed by atoms with Crippen molar-refractivity contribution in [3.05, 3.63) is 77.5 Å². The van der Waals surface area contributed by atoms with E-state index in [2.05, 4.69) is 83.1 Å². The molecule has 0 aliphatic rings. The van der Waals surface area contributed by atoms with Crippen molar-refractivity contribution in [1.29, 1.82) is 0 Å². The second-order valence-corrected chi connectivity index (χ2v) is 5.23. The second kappa shape index (κ2) is 6.95. The van der Waals surface area contributed by atoms with Gasteiger partial charge in [0, 0.05) is 18.4 Å². The third-order valence-corrected chi connectivity index (χ3v) is 3.63. The van der Waals surface area contributed by atoms with Gasteiger partial charge in [-0.25, -0.2) is 0 Å². The predicted molar refractivity (Wildman–Crippen MR) is 90.3 cm³/mol. The van der Waals surface area contributed by atoms with E-state index in [0.717, 1.165) is 16.8 Å². The Morgan fingerprint density at radius 3 is 2.15 bits per heavy atom. The molecular weight excluding hydrogens is 242 g/mol. The lowest BCUT2D eigenvalue weighted by Crippen LogP contribution is -2.14. The van der Waals surface area contributed by atoms with Crippen LogP contribution in [0.1, 0.15) is 31.9 Å². The van der Waals surface area contributed by atoms with E-state index < -0.39 is 0 Å². The predicted octanol–water partition coefficient (Wildman–Crippen LogP) is 5.32. The van der Waals surface area contributed by atoms with Crippen LogP contribution in [0.2, 0.25) is 0 Å². The molecule has 0 N–H and O–H groups in total. The molecule has 0 spiro atoms. The van der Waals surface area contributed by atoms with Crippen molar-refractivity contribution in [1.82, 2.24) is 4.90 Å². The summed E-state index contributed by atoms with van der Waals surface area (Å²) in [6.45, 7) is 16.4. The molecule has 1 rings (SSSR count). The molecule has 0 atom stereocenters. The van der Waals surface area contributed by atoms with E-state index in [1.807, 2.05) is 6.08 Å². The molecule has 1 heteroatoms. The molecule has 0 amide bonds. The van der Waals surface area contributed by atoms with Gasteiger partial charge in [0.25, 0.3) is 0 Å². The quantitative estimate of drug-likeness (QED) is 0.652. The largest absolute Gasteiger partial charge is 0.348 e. The van der Waals surface area contributed by atoms with Gasteiger partial charge in [-0.2, -0.15) is 0 Å². The fraction of sp³-hybridized carbons (Fsp3) is 0.263. The molecule has 0 saturated heterocycles. The van der Waals surface area contributed by atoms with E-state index in [1.165, 1.54) is 16.8 Å². The molecule has 0 aromatic heterocycles. The molecule has 0 aliphatic heterocycles. The Labute approximate surface area is 123 Å². The molecular formula is C19H25N. The lowest BCUT2D eigenvalue weighted by Gasteiger charge is -2.24. The Bertz CT molecular complexity index is 556. The number of hydrogen-bond acceptors (Lipinski definition) is 1. The van der Waals surface area contributed by atoms with Crippen LogP contribution in [-0.2, 0) is 0 Å². The zero-order valence-corrected chi connectivity index (χ0v) is 13.3. The van der Waals surface area contributed by atoms with Crippen LogP contribution in [0, 0.1) is 6.92 Å². The highest BCUT2D eigenvalue weighted by Crippen LogP contribution is 2.22. The Balaban J connectivity index is 3.02. The fourth-order valence-electron chi connectivity index (χ4n) is 1.91. The average Bonchev–Trinajstić information content (AvgIpc) is 2.45. The lowest BCUT2D eigenvalue weighted by atomic mass is 10.1. The van der Waals surface area contributed by atoms with Crippen molar-refractivity contribution in [3.63, 3.8) is 0 Å². The number of aryl methyl sites for hydroxylation is 1. The Morgan fingerprint density at radius 2 is 1.65 bits per heavy atom. The molecule has 0 bridgehead atoms. The first-order valence-corrected chi connectivity index (χ1v) is 6.84. The summed E-state index contributed by atoms with van der Waals surface area (Å²) in [4.78, 5) is 2.13. The summed E-state index contributed by atoms with van der Waals surface area (Å²) in [6, 6.07) is 8.45. The molecule has 1 aromatic carbocycles. The molecule has 0 heterocycles. The highest BCUT2D eigenvalue weighted by atomic mass is 15.1. The monoisotopic (exact) mass is 267 g/mol. The van der Waals surface area contributed by atoms with Gasteiger partial charge in [0.15, 0.2) is 0 Å². The zero-order valence-electron chi connectivity index (χ0n) is 13.3. The first kappa shape index (κ1) is 16.0. The van der Waals surface area contributed by atoms with E-state index in [9.17, 15) is 0 Å². The van der Waals surface area contributed by atoms with Crippen molar-refractivity contribution in [3.8, 4) is 0 Å². The van der Waals surface area contributed by atoms with Gasteiger partial charge < -0.3 is 4.90 Å². The highest BCUT2D eigenvalue weighted by Gasteiger charge is 2.08. The van der Waals surface area contributed by atoms with Gasteiger partial charge in [0.2, 0.25) is 0 Å². The normalized spacial score (nSPS) is 12.8. The highest BCUT2D eigenvalue weighted by molar-refractivity contribution is 5.63. The smallest absolute Gasteiger partial charge is 0.0406 e. The number of benzene rings is 1. The number of allylic oxidation sites excluding steroid dienone is 5. The lowest BCUT2D eigenvalue weighted by molar-refractivity contribution is 0.592. The minimum Gasteiger partial charge on any atom is -0.348 e. The fourth-order valence-corrected chi connectivity index (χ4v) is 1.91. The molecule has 1 nitrogen and oxygen atoms in total. The maximum atomic E-state index is 4.21. The van der Waals surface area contributed by atoms with Crippen LogP contribution >= 0.6 is 0 Å². The first-order chi connectivity index (χ1) is 9.36. The van der Waals surface area contributed by atoms with Crippen molar-refractivity contribution in [2.45, 2.75) is 27.7 Å². The van der Waals surface area contributed by atoms with E-state index in [1.54, 1.807) is 0 Å². The van der Waals surface area contributed by atoms with Crippen LogP contribution in [0.15, 0.2) is 66.4 Å². The maximum Gasteiger partial charge on any atom is 0.0406 e.